The summed E-state index contributed by atoms with van der Waals surface area (Å²) in [5, 5.41) is 4.15. The van der Waals surface area contributed by atoms with Gasteiger partial charge >= 0.3 is 0 Å². The molecule has 0 bridgehead atoms. The number of nitrogens with zero attached hydrogens (tertiary/aromatic N) is 1. The fraction of sp³-hybridized carbons (Fsp3) is 0.417. The second-order valence-corrected chi connectivity index (χ2v) is 4.81. The van der Waals surface area contributed by atoms with Gasteiger partial charge in [0.1, 0.15) is 0 Å². The molecule has 0 saturated carbocycles. The summed E-state index contributed by atoms with van der Waals surface area (Å²) in [6.07, 6.45) is 7.15. The Morgan fingerprint density at radius 2 is 2.06 bits per heavy atom. The maximum Gasteiger partial charge on any atom is 0.0595 e. The zero-order valence-electron chi connectivity index (χ0n) is 9.23. The van der Waals surface area contributed by atoms with Crippen LogP contribution in [0.4, 0.5) is 0 Å². The monoisotopic (exact) mass is 292 g/mol. The average Bonchev–Trinajstić information content (AvgIpc) is 2.76. The van der Waals surface area contributed by atoms with E-state index < -0.39 is 0 Å². The van der Waals surface area contributed by atoms with Crippen molar-refractivity contribution in [1.82, 2.24) is 10.3 Å². The molecule has 0 unspecified atom stereocenters. The molecule has 1 aromatic heterocycles. The van der Waals surface area contributed by atoms with Crippen LogP contribution >= 0.6 is 36.4 Å². The Bertz CT molecular complexity index is 420. The summed E-state index contributed by atoms with van der Waals surface area (Å²) in [5.74, 6) is 1.51. The summed E-state index contributed by atoms with van der Waals surface area (Å²) in [6.45, 7) is 2.28. The lowest BCUT2D eigenvalue weighted by Gasteiger charge is -2.06. The smallest absolute Gasteiger partial charge is 0.0595 e. The number of allylic oxidation sites excluding steroid dienone is 1. The molecule has 0 spiro atoms. The fourth-order valence-corrected chi connectivity index (χ4v) is 2.76. The molecule has 1 fully saturated rings. The number of halogens is 3. The maximum absolute atomic E-state index is 5.94. The van der Waals surface area contributed by atoms with Gasteiger partial charge in [-0.1, -0.05) is 17.7 Å². The molecule has 17 heavy (non-hydrogen) atoms. The summed E-state index contributed by atoms with van der Waals surface area (Å²) in [5.41, 5.74) is 2.61. The predicted molar refractivity (Wildman–Crippen MR) is 76.2 cm³/mol. The van der Waals surface area contributed by atoms with E-state index in [0.29, 0.717) is 0 Å². The molecule has 0 aromatic carbocycles. The summed E-state index contributed by atoms with van der Waals surface area (Å²) in [7, 11) is 0. The SMILES string of the molecule is Cl.Cl.Clc1cncc(C2=C[C@H]3CNC[C@H]3C2)c1. The molecule has 94 valence electrons. The van der Waals surface area contributed by atoms with Crippen molar-refractivity contribution >= 4 is 42.0 Å². The largest absolute Gasteiger partial charge is 0.316 e. The van der Waals surface area contributed by atoms with Crippen LogP contribution in [0.15, 0.2) is 24.5 Å². The van der Waals surface area contributed by atoms with Gasteiger partial charge in [0.2, 0.25) is 0 Å². The van der Waals surface area contributed by atoms with Gasteiger partial charge in [-0.2, -0.15) is 0 Å². The highest BCUT2D eigenvalue weighted by atomic mass is 35.5. The third-order valence-corrected chi connectivity index (χ3v) is 3.57. The first-order valence-electron chi connectivity index (χ1n) is 5.35. The summed E-state index contributed by atoms with van der Waals surface area (Å²) < 4.78 is 0. The Morgan fingerprint density at radius 3 is 2.76 bits per heavy atom. The number of hydrogen-bond donors (Lipinski definition) is 1. The van der Waals surface area contributed by atoms with Crippen molar-refractivity contribution in [1.29, 1.82) is 0 Å². The van der Waals surface area contributed by atoms with Gasteiger partial charge in [0.25, 0.3) is 0 Å². The normalized spacial score (nSPS) is 25.6. The van der Waals surface area contributed by atoms with E-state index in [1.165, 1.54) is 17.6 Å². The number of hydrogen-bond acceptors (Lipinski definition) is 2. The lowest BCUT2D eigenvalue weighted by Crippen LogP contribution is -2.09. The van der Waals surface area contributed by atoms with Gasteiger partial charge in [0, 0.05) is 18.9 Å². The first-order valence-corrected chi connectivity index (χ1v) is 5.73. The van der Waals surface area contributed by atoms with Crippen molar-refractivity contribution in [3.63, 3.8) is 0 Å². The quantitative estimate of drug-likeness (QED) is 0.860. The van der Waals surface area contributed by atoms with E-state index >= 15 is 0 Å². The Hall–Kier alpha value is -0.280. The van der Waals surface area contributed by atoms with Gasteiger partial charge < -0.3 is 5.32 Å². The van der Waals surface area contributed by atoms with Gasteiger partial charge in [-0.05, 0) is 42.0 Å². The van der Waals surface area contributed by atoms with Gasteiger partial charge in [0.15, 0.2) is 0 Å². The first kappa shape index (κ1) is 14.8. The Morgan fingerprint density at radius 1 is 1.24 bits per heavy atom. The molecular formula is C12H15Cl3N2. The Balaban J connectivity index is 0.000000722. The Kier molecular flexibility index (Phi) is 5.26. The number of fused-ring (bicyclic) bond motifs is 1. The molecule has 5 heteroatoms. The Labute approximate surface area is 119 Å². The highest BCUT2D eigenvalue weighted by Gasteiger charge is 2.31. The molecule has 1 aromatic rings. The molecule has 0 amide bonds. The van der Waals surface area contributed by atoms with Gasteiger partial charge in [-0.15, -0.1) is 24.8 Å². The highest BCUT2D eigenvalue weighted by molar-refractivity contribution is 6.30. The predicted octanol–water partition coefficient (Wildman–Crippen LogP) is 3.20. The molecule has 2 nitrogen and oxygen atoms in total. The minimum Gasteiger partial charge on any atom is -0.316 e. The fourth-order valence-electron chi connectivity index (χ4n) is 2.58. The third-order valence-electron chi connectivity index (χ3n) is 3.37. The van der Waals surface area contributed by atoms with Crippen LogP contribution in [0.3, 0.4) is 0 Å². The van der Waals surface area contributed by atoms with Gasteiger partial charge in [-0.25, -0.2) is 0 Å². The maximum atomic E-state index is 5.94. The summed E-state index contributed by atoms with van der Waals surface area (Å²) >= 11 is 5.94. The highest BCUT2D eigenvalue weighted by Crippen LogP contribution is 2.38. The van der Waals surface area contributed by atoms with E-state index in [2.05, 4.69) is 16.4 Å². The number of pyridine rings is 1. The molecule has 2 heterocycles. The molecule has 1 saturated heterocycles. The standard InChI is InChI=1S/C12H13ClN2.2ClH/c13-12-3-11(6-15-7-12)8-1-9-4-14-5-10(9)2-8;;/h1,3,6-7,9-10,14H,2,4-5H2;2*1H/t9-,10+;;/m0../s1. The third kappa shape index (κ3) is 2.94. The summed E-state index contributed by atoms with van der Waals surface area (Å²) in [6, 6.07) is 2.01. The van der Waals surface area contributed by atoms with E-state index in [0.717, 1.165) is 29.9 Å². The van der Waals surface area contributed by atoms with Crippen LogP contribution in [-0.4, -0.2) is 18.1 Å². The van der Waals surface area contributed by atoms with Crippen molar-refractivity contribution < 1.29 is 0 Å². The lowest BCUT2D eigenvalue weighted by atomic mass is 9.99. The molecule has 2 aliphatic rings. The molecule has 2 atom stereocenters. The molecule has 0 radical (unpaired) electrons. The van der Waals surface area contributed by atoms with Crippen LogP contribution in [0.2, 0.25) is 5.02 Å². The van der Waals surface area contributed by atoms with Crippen LogP contribution in [0.5, 0.6) is 0 Å². The van der Waals surface area contributed by atoms with Crippen molar-refractivity contribution in [3.05, 3.63) is 35.1 Å². The van der Waals surface area contributed by atoms with E-state index in [1.54, 1.807) is 6.20 Å². The lowest BCUT2D eigenvalue weighted by molar-refractivity contribution is 0.536. The molecule has 1 N–H and O–H groups in total. The molecule has 1 aliphatic carbocycles. The van der Waals surface area contributed by atoms with Gasteiger partial charge in [-0.3, -0.25) is 4.98 Å². The van der Waals surface area contributed by atoms with Crippen LogP contribution in [0, 0.1) is 11.8 Å². The van der Waals surface area contributed by atoms with Crippen molar-refractivity contribution in [2.45, 2.75) is 6.42 Å². The van der Waals surface area contributed by atoms with E-state index in [-0.39, 0.29) is 24.8 Å². The van der Waals surface area contributed by atoms with E-state index in [1.807, 2.05) is 12.3 Å². The average molecular weight is 294 g/mol. The minimum absolute atomic E-state index is 0. The number of rotatable bonds is 1. The zero-order chi connectivity index (χ0) is 10.3. The van der Waals surface area contributed by atoms with Crippen molar-refractivity contribution in [3.8, 4) is 0 Å². The van der Waals surface area contributed by atoms with Crippen molar-refractivity contribution in [2.75, 3.05) is 13.1 Å². The van der Waals surface area contributed by atoms with Gasteiger partial charge in [0.05, 0.1) is 5.02 Å². The van der Waals surface area contributed by atoms with Crippen LogP contribution in [-0.2, 0) is 0 Å². The second-order valence-electron chi connectivity index (χ2n) is 4.37. The second kappa shape index (κ2) is 6.05. The van der Waals surface area contributed by atoms with Crippen LogP contribution in [0.25, 0.3) is 5.57 Å². The zero-order valence-corrected chi connectivity index (χ0v) is 11.6. The first-order chi connectivity index (χ1) is 7.33. The summed E-state index contributed by atoms with van der Waals surface area (Å²) in [4.78, 5) is 4.13. The van der Waals surface area contributed by atoms with Crippen LogP contribution < -0.4 is 5.32 Å². The van der Waals surface area contributed by atoms with Crippen molar-refractivity contribution in [2.24, 2.45) is 11.8 Å². The molecular weight excluding hydrogens is 279 g/mol. The van der Waals surface area contributed by atoms with E-state index in [9.17, 15) is 0 Å². The van der Waals surface area contributed by atoms with E-state index in [4.69, 9.17) is 11.6 Å². The topological polar surface area (TPSA) is 24.9 Å². The number of aromatic nitrogens is 1. The molecule has 1 aliphatic heterocycles. The number of nitrogens with one attached hydrogen (secondary N) is 1. The molecule has 3 rings (SSSR count). The van der Waals surface area contributed by atoms with Crippen LogP contribution in [0.1, 0.15) is 12.0 Å². The minimum atomic E-state index is 0.